The van der Waals surface area contributed by atoms with E-state index in [2.05, 4.69) is 31.5 Å². The first kappa shape index (κ1) is 22.0. The molecule has 0 bridgehead atoms. The highest BCUT2D eigenvalue weighted by molar-refractivity contribution is 14.2. The summed E-state index contributed by atoms with van der Waals surface area (Å²) in [4.78, 5) is 4.91. The Bertz CT molecular complexity index is 966. The van der Waals surface area contributed by atoms with Crippen molar-refractivity contribution in [3.05, 3.63) is 59.9 Å². The van der Waals surface area contributed by atoms with Crippen LogP contribution in [0.15, 0.2) is 47.9 Å². The summed E-state index contributed by atoms with van der Waals surface area (Å²) in [6.07, 6.45) is 11.6. The number of aromatic nitrogens is 4. The molecule has 158 valence electrons. The number of anilines is 1. The summed E-state index contributed by atoms with van der Waals surface area (Å²) in [7, 11) is -0.832. The number of halogens is 1. The fourth-order valence-corrected chi connectivity index (χ4v) is 6.36. The first-order valence-electron chi connectivity index (χ1n) is 10.0. The van der Waals surface area contributed by atoms with Crippen LogP contribution in [0, 0.1) is 13.8 Å². The fourth-order valence-electron chi connectivity index (χ4n) is 3.39. The van der Waals surface area contributed by atoms with Crippen LogP contribution >= 0.6 is 21.2 Å². The maximum Gasteiger partial charge on any atom is 0.0945 e. The Kier molecular flexibility index (Phi) is 7.50. The third-order valence-corrected chi connectivity index (χ3v) is 9.09. The van der Waals surface area contributed by atoms with Gasteiger partial charge in [-0.05, 0) is 50.8 Å². The molecule has 1 aromatic carbocycles. The smallest absolute Gasteiger partial charge is 0.0945 e. The van der Waals surface area contributed by atoms with Crippen LogP contribution in [0.2, 0.25) is 0 Å². The number of rotatable bonds is 10. The highest BCUT2D eigenvalue weighted by Crippen LogP contribution is 2.31. The van der Waals surface area contributed by atoms with E-state index in [1.807, 2.05) is 77.6 Å². The van der Waals surface area contributed by atoms with Crippen molar-refractivity contribution in [1.82, 2.24) is 19.3 Å². The number of imidazole rings is 1. The van der Waals surface area contributed by atoms with E-state index < -0.39 is 7.29 Å². The topological polar surface area (TPSA) is 64.7 Å². The summed E-state index contributed by atoms with van der Waals surface area (Å²) >= 11 is 2.05. The van der Waals surface area contributed by atoms with Gasteiger partial charge in [-0.15, -0.1) is 0 Å². The van der Waals surface area contributed by atoms with Crippen molar-refractivity contribution >= 4 is 34.2 Å². The van der Waals surface area contributed by atoms with Crippen LogP contribution in [-0.4, -0.2) is 23.5 Å². The van der Waals surface area contributed by atoms with Gasteiger partial charge in [-0.25, -0.2) is 4.98 Å². The molecule has 0 aliphatic rings. The molecule has 6 nitrogen and oxygen atoms in total. The molecule has 0 amide bonds. The van der Waals surface area contributed by atoms with Crippen LogP contribution in [0.1, 0.15) is 42.6 Å². The lowest BCUT2D eigenvalue weighted by Gasteiger charge is -2.21. The van der Waals surface area contributed by atoms with Gasteiger partial charge in [0.1, 0.15) is 0 Å². The molecule has 0 fully saturated rings. The maximum absolute atomic E-state index is 13.3. The first-order valence-corrected chi connectivity index (χ1v) is 14.5. The van der Waals surface area contributed by atoms with E-state index in [1.165, 1.54) is 31.2 Å². The van der Waals surface area contributed by atoms with Crippen molar-refractivity contribution in [3.8, 4) is 0 Å². The number of nitrogens with zero attached hydrogens (tertiary/aromatic N) is 4. The molecular weight excluding hydrogens is 497 g/mol. The average molecular weight is 527 g/mol. The minimum atomic E-state index is -2.73. The third kappa shape index (κ3) is 5.91. The van der Waals surface area contributed by atoms with Crippen molar-refractivity contribution < 1.29 is 4.21 Å². The molecule has 0 radical (unpaired) electrons. The number of unbranched alkanes of at least 4 members (excludes halogenated alkanes) is 3. The van der Waals surface area contributed by atoms with Gasteiger partial charge in [0.15, 0.2) is 0 Å². The van der Waals surface area contributed by atoms with Gasteiger partial charge in [0.2, 0.25) is 0 Å². The lowest BCUT2D eigenvalue weighted by molar-refractivity contribution is 0.571. The van der Waals surface area contributed by atoms with Gasteiger partial charge in [0.05, 0.1) is 23.4 Å². The number of hydrogen-bond acceptors (Lipinski definition) is 3. The molecule has 0 atom stereocenters. The molecule has 0 saturated carbocycles. The largest absolute Gasteiger partial charge is 0.337 e. The van der Waals surface area contributed by atoms with Crippen LogP contribution in [-0.2, 0) is 27.3 Å². The van der Waals surface area contributed by atoms with Gasteiger partial charge in [0.25, 0.3) is 0 Å². The van der Waals surface area contributed by atoms with Crippen LogP contribution < -0.4 is 4.72 Å². The minimum absolute atomic E-state index is 0.838. The summed E-state index contributed by atoms with van der Waals surface area (Å²) < 4.78 is 20.5. The Hall–Kier alpha value is -1.68. The van der Waals surface area contributed by atoms with E-state index in [0.717, 1.165) is 34.9 Å². The van der Waals surface area contributed by atoms with Crippen molar-refractivity contribution in [2.24, 2.45) is 7.05 Å². The summed E-state index contributed by atoms with van der Waals surface area (Å²) in [5.41, 5.74) is 4.02. The first-order chi connectivity index (χ1) is 13.9. The molecule has 0 saturated heterocycles. The molecule has 0 aliphatic carbocycles. The van der Waals surface area contributed by atoms with Crippen LogP contribution in [0.3, 0.4) is 0 Å². The van der Waals surface area contributed by atoms with E-state index in [0.29, 0.717) is 0 Å². The highest BCUT2D eigenvalue weighted by atomic mass is 127. The predicted molar refractivity (Wildman–Crippen MR) is 129 cm³/mol. The second kappa shape index (κ2) is 9.88. The molecule has 2 aromatic heterocycles. The van der Waals surface area contributed by atoms with Gasteiger partial charge >= 0.3 is 0 Å². The molecule has 3 rings (SSSR count). The second-order valence-corrected chi connectivity index (χ2v) is 13.3. The second-order valence-electron chi connectivity index (χ2n) is 7.44. The minimum Gasteiger partial charge on any atom is -0.337 e. The standard InChI is InChI=1S/C21H30IN5OS/c1-17-21(18(2)26(3)24-17)25-29(22,28)20-11-9-19(10-12-20)8-6-4-5-7-14-27-15-13-23-16-27/h9-13,15-16,29H,4-8,14H2,1-3H3,(H,25,28). The zero-order valence-corrected chi connectivity index (χ0v) is 20.4. The Morgan fingerprint density at radius 3 is 2.45 bits per heavy atom. The number of aryl methyl sites for hydroxylation is 4. The van der Waals surface area contributed by atoms with Crippen LogP contribution in [0.4, 0.5) is 5.69 Å². The summed E-state index contributed by atoms with van der Waals surface area (Å²) in [6.45, 7) is 4.96. The maximum atomic E-state index is 13.3. The van der Waals surface area contributed by atoms with Crippen LogP contribution in [0.25, 0.3) is 0 Å². The Labute approximate surface area is 186 Å². The molecule has 0 aliphatic heterocycles. The lowest BCUT2D eigenvalue weighted by atomic mass is 10.1. The fraction of sp³-hybridized carbons (Fsp3) is 0.429. The Morgan fingerprint density at radius 2 is 1.83 bits per heavy atom. The van der Waals surface area contributed by atoms with E-state index in [-0.39, 0.29) is 0 Å². The summed E-state index contributed by atoms with van der Waals surface area (Å²) in [5.74, 6) is 0. The quantitative estimate of drug-likeness (QED) is 0.173. The van der Waals surface area contributed by atoms with E-state index in [4.69, 9.17) is 0 Å². The van der Waals surface area contributed by atoms with Gasteiger partial charge in [0, 0.05) is 59.4 Å². The van der Waals surface area contributed by atoms with E-state index >= 15 is 0 Å². The monoisotopic (exact) mass is 527 g/mol. The molecule has 29 heavy (non-hydrogen) atoms. The highest BCUT2D eigenvalue weighted by Gasteiger charge is 2.18. The molecular formula is C21H30IN5OS. The van der Waals surface area contributed by atoms with Gasteiger partial charge < -0.3 is 9.29 Å². The lowest BCUT2D eigenvalue weighted by Crippen LogP contribution is -2.15. The van der Waals surface area contributed by atoms with Gasteiger partial charge in [-0.1, -0.05) is 25.0 Å². The van der Waals surface area contributed by atoms with Crippen molar-refractivity contribution in [3.63, 3.8) is 0 Å². The normalized spacial score (nSPS) is 12.3. The van der Waals surface area contributed by atoms with Crippen molar-refractivity contribution in [1.29, 1.82) is 0 Å². The SMILES string of the molecule is Cc1nn(C)c(C)c1N[SH](=O)(I)c1ccc(CCCCCCn2ccnc2)cc1. The Balaban J connectivity index is 1.48. The number of hydrogen-bond donors (Lipinski definition) is 2. The van der Waals surface area contributed by atoms with Crippen molar-refractivity contribution in [2.45, 2.75) is 57.4 Å². The van der Waals surface area contributed by atoms with Gasteiger partial charge in [-0.3, -0.25) is 8.89 Å². The molecule has 0 spiro atoms. The predicted octanol–water partition coefficient (Wildman–Crippen LogP) is 4.79. The average Bonchev–Trinajstić information content (AvgIpc) is 3.29. The third-order valence-electron chi connectivity index (χ3n) is 5.22. The number of thiol groups is 1. The van der Waals surface area contributed by atoms with E-state index in [1.54, 1.807) is 0 Å². The number of nitrogens with one attached hydrogen (secondary N) is 1. The molecule has 2 heterocycles. The van der Waals surface area contributed by atoms with E-state index in [9.17, 15) is 4.21 Å². The summed E-state index contributed by atoms with van der Waals surface area (Å²) in [6, 6.07) is 8.21. The number of benzene rings is 1. The molecule has 1 N–H and O–H groups in total. The zero-order valence-electron chi connectivity index (χ0n) is 17.3. The zero-order chi connectivity index (χ0) is 20.9. The van der Waals surface area contributed by atoms with Gasteiger partial charge in [-0.2, -0.15) is 5.10 Å². The molecule has 3 aromatic rings. The summed E-state index contributed by atoms with van der Waals surface area (Å²) in [5, 5.41) is 4.40. The van der Waals surface area contributed by atoms with Crippen LogP contribution in [0.5, 0.6) is 0 Å². The Morgan fingerprint density at radius 1 is 1.10 bits per heavy atom. The molecule has 8 heteroatoms. The van der Waals surface area contributed by atoms with Crippen molar-refractivity contribution in [2.75, 3.05) is 4.72 Å². The molecule has 0 unspecified atom stereocenters.